The summed E-state index contributed by atoms with van der Waals surface area (Å²) in [4.78, 5) is 18.6. The standard InChI is InChI=1S/C13H26N4O2/c1-12(10-14)11-15-2-4-16(5-3-15)13(18)17-6-8-19-9-7-17/h12H,2-11,14H2,1H3. The lowest BCUT2D eigenvalue weighted by Gasteiger charge is -2.39. The van der Waals surface area contributed by atoms with E-state index in [0.29, 0.717) is 19.1 Å². The van der Waals surface area contributed by atoms with Crippen LogP contribution in [0.4, 0.5) is 4.79 Å². The molecule has 0 aromatic rings. The van der Waals surface area contributed by atoms with Gasteiger partial charge >= 0.3 is 6.03 Å². The number of amides is 2. The van der Waals surface area contributed by atoms with Gasteiger partial charge in [-0.2, -0.15) is 0 Å². The van der Waals surface area contributed by atoms with Gasteiger partial charge < -0.3 is 20.3 Å². The lowest BCUT2D eigenvalue weighted by molar-refractivity contribution is 0.0370. The van der Waals surface area contributed by atoms with E-state index in [0.717, 1.165) is 52.4 Å². The quantitative estimate of drug-likeness (QED) is 0.761. The number of urea groups is 1. The molecule has 6 heteroatoms. The molecular weight excluding hydrogens is 244 g/mol. The molecule has 2 fully saturated rings. The molecule has 0 aliphatic carbocycles. The van der Waals surface area contributed by atoms with Gasteiger partial charge in [-0.3, -0.25) is 4.90 Å². The van der Waals surface area contributed by atoms with Crippen molar-refractivity contribution in [3.63, 3.8) is 0 Å². The summed E-state index contributed by atoms with van der Waals surface area (Å²) in [6.45, 7) is 10.3. The molecule has 0 aromatic heterocycles. The molecule has 19 heavy (non-hydrogen) atoms. The fraction of sp³-hybridized carbons (Fsp3) is 0.923. The summed E-state index contributed by atoms with van der Waals surface area (Å²) in [6.07, 6.45) is 0. The van der Waals surface area contributed by atoms with Crippen LogP contribution in [0, 0.1) is 5.92 Å². The number of hydrogen-bond acceptors (Lipinski definition) is 4. The van der Waals surface area contributed by atoms with Gasteiger partial charge in [-0.15, -0.1) is 0 Å². The predicted octanol–water partition coefficient (Wildman–Crippen LogP) is -0.349. The number of rotatable bonds is 3. The Hall–Kier alpha value is -0.850. The Kier molecular flexibility index (Phi) is 5.42. The van der Waals surface area contributed by atoms with Gasteiger partial charge in [0.25, 0.3) is 0 Å². The summed E-state index contributed by atoms with van der Waals surface area (Å²) in [5.41, 5.74) is 5.65. The zero-order valence-electron chi connectivity index (χ0n) is 11.9. The van der Waals surface area contributed by atoms with Gasteiger partial charge in [0.05, 0.1) is 13.2 Å². The minimum Gasteiger partial charge on any atom is -0.378 e. The van der Waals surface area contributed by atoms with Gasteiger partial charge in [-0.1, -0.05) is 6.92 Å². The van der Waals surface area contributed by atoms with Gasteiger partial charge in [-0.05, 0) is 12.5 Å². The van der Waals surface area contributed by atoms with Crippen molar-refractivity contribution in [2.24, 2.45) is 11.7 Å². The number of carbonyl (C=O) groups is 1. The van der Waals surface area contributed by atoms with E-state index >= 15 is 0 Å². The smallest absolute Gasteiger partial charge is 0.320 e. The number of carbonyl (C=O) groups excluding carboxylic acids is 1. The van der Waals surface area contributed by atoms with E-state index < -0.39 is 0 Å². The minimum atomic E-state index is 0.176. The van der Waals surface area contributed by atoms with Crippen LogP contribution in [0.3, 0.4) is 0 Å². The molecule has 0 spiro atoms. The van der Waals surface area contributed by atoms with Crippen molar-refractivity contribution in [3.8, 4) is 0 Å². The normalized spacial score (nSPS) is 23.5. The first-order valence-corrected chi connectivity index (χ1v) is 7.24. The monoisotopic (exact) mass is 270 g/mol. The van der Waals surface area contributed by atoms with E-state index in [9.17, 15) is 4.79 Å². The second-order valence-corrected chi connectivity index (χ2v) is 5.51. The van der Waals surface area contributed by atoms with Gasteiger partial charge in [0.2, 0.25) is 0 Å². The molecule has 2 amide bonds. The van der Waals surface area contributed by atoms with Crippen LogP contribution in [0.5, 0.6) is 0 Å². The van der Waals surface area contributed by atoms with Crippen LogP contribution < -0.4 is 5.73 Å². The number of hydrogen-bond donors (Lipinski definition) is 1. The maximum Gasteiger partial charge on any atom is 0.320 e. The largest absolute Gasteiger partial charge is 0.378 e. The summed E-state index contributed by atoms with van der Waals surface area (Å²) in [6, 6.07) is 0.176. The third-order valence-electron chi connectivity index (χ3n) is 3.90. The molecular formula is C13H26N4O2. The van der Waals surface area contributed by atoms with Crippen molar-refractivity contribution in [3.05, 3.63) is 0 Å². The molecule has 2 aliphatic heterocycles. The highest BCUT2D eigenvalue weighted by Gasteiger charge is 2.26. The van der Waals surface area contributed by atoms with Crippen LogP contribution in [0.1, 0.15) is 6.92 Å². The van der Waals surface area contributed by atoms with Crippen molar-refractivity contribution in [1.82, 2.24) is 14.7 Å². The first kappa shape index (κ1) is 14.6. The van der Waals surface area contributed by atoms with Crippen molar-refractivity contribution in [1.29, 1.82) is 0 Å². The van der Waals surface area contributed by atoms with Crippen LogP contribution in [0.15, 0.2) is 0 Å². The maximum atomic E-state index is 12.3. The third-order valence-corrected chi connectivity index (χ3v) is 3.90. The molecule has 0 radical (unpaired) electrons. The van der Waals surface area contributed by atoms with Crippen LogP contribution in [-0.4, -0.2) is 86.3 Å². The van der Waals surface area contributed by atoms with E-state index in [1.807, 2.05) is 9.80 Å². The predicted molar refractivity (Wildman–Crippen MR) is 74.0 cm³/mol. The molecule has 2 heterocycles. The van der Waals surface area contributed by atoms with E-state index in [1.165, 1.54) is 0 Å². The summed E-state index contributed by atoms with van der Waals surface area (Å²) in [7, 11) is 0. The number of nitrogens with two attached hydrogens (primary N) is 1. The summed E-state index contributed by atoms with van der Waals surface area (Å²) < 4.78 is 5.28. The van der Waals surface area contributed by atoms with E-state index in [1.54, 1.807) is 0 Å². The highest BCUT2D eigenvalue weighted by Crippen LogP contribution is 2.09. The van der Waals surface area contributed by atoms with Crippen LogP contribution in [-0.2, 0) is 4.74 Å². The van der Waals surface area contributed by atoms with Crippen molar-refractivity contribution >= 4 is 6.03 Å². The Bertz CT molecular complexity index is 286. The zero-order chi connectivity index (χ0) is 13.7. The average Bonchev–Trinajstić information content (AvgIpc) is 2.48. The second-order valence-electron chi connectivity index (χ2n) is 5.51. The number of nitrogens with zero attached hydrogens (tertiary/aromatic N) is 3. The fourth-order valence-electron chi connectivity index (χ4n) is 2.59. The van der Waals surface area contributed by atoms with Crippen LogP contribution in [0.2, 0.25) is 0 Å². The van der Waals surface area contributed by atoms with Crippen molar-refractivity contribution < 1.29 is 9.53 Å². The van der Waals surface area contributed by atoms with Crippen molar-refractivity contribution in [2.75, 3.05) is 65.6 Å². The minimum absolute atomic E-state index is 0.176. The molecule has 2 aliphatic rings. The summed E-state index contributed by atoms with van der Waals surface area (Å²) >= 11 is 0. The summed E-state index contributed by atoms with van der Waals surface area (Å²) in [5.74, 6) is 0.529. The zero-order valence-corrected chi connectivity index (χ0v) is 11.9. The molecule has 1 atom stereocenters. The molecule has 1 unspecified atom stereocenters. The Morgan fingerprint density at radius 2 is 1.68 bits per heavy atom. The number of piperazine rings is 1. The molecule has 2 N–H and O–H groups in total. The number of ether oxygens (including phenoxy) is 1. The Labute approximate surface area is 115 Å². The third kappa shape index (κ3) is 4.06. The van der Waals surface area contributed by atoms with Crippen molar-refractivity contribution in [2.45, 2.75) is 6.92 Å². The number of morpholine rings is 1. The van der Waals surface area contributed by atoms with Crippen LogP contribution in [0.25, 0.3) is 0 Å². The average molecular weight is 270 g/mol. The molecule has 6 nitrogen and oxygen atoms in total. The summed E-state index contributed by atoms with van der Waals surface area (Å²) in [5, 5.41) is 0. The van der Waals surface area contributed by atoms with Gasteiger partial charge in [0.1, 0.15) is 0 Å². The Morgan fingerprint density at radius 1 is 1.11 bits per heavy atom. The molecule has 110 valence electrons. The van der Waals surface area contributed by atoms with E-state index in [2.05, 4.69) is 11.8 Å². The second kappa shape index (κ2) is 7.07. The van der Waals surface area contributed by atoms with Gasteiger partial charge in [0, 0.05) is 45.8 Å². The van der Waals surface area contributed by atoms with Crippen LogP contribution >= 0.6 is 0 Å². The van der Waals surface area contributed by atoms with Gasteiger partial charge in [0.15, 0.2) is 0 Å². The highest BCUT2D eigenvalue weighted by molar-refractivity contribution is 5.74. The first-order valence-electron chi connectivity index (χ1n) is 7.24. The molecule has 0 aromatic carbocycles. The molecule has 2 rings (SSSR count). The molecule has 0 saturated carbocycles. The SMILES string of the molecule is CC(CN)CN1CCN(C(=O)N2CCOCC2)CC1. The fourth-order valence-corrected chi connectivity index (χ4v) is 2.59. The Morgan fingerprint density at radius 3 is 2.26 bits per heavy atom. The van der Waals surface area contributed by atoms with E-state index in [4.69, 9.17) is 10.5 Å². The lowest BCUT2D eigenvalue weighted by Crippen LogP contribution is -2.55. The highest BCUT2D eigenvalue weighted by atomic mass is 16.5. The Balaban J connectivity index is 1.74. The van der Waals surface area contributed by atoms with E-state index in [-0.39, 0.29) is 6.03 Å². The van der Waals surface area contributed by atoms with Gasteiger partial charge in [-0.25, -0.2) is 4.79 Å². The lowest BCUT2D eigenvalue weighted by atomic mass is 10.1. The topological polar surface area (TPSA) is 62.0 Å². The molecule has 2 saturated heterocycles. The first-order chi connectivity index (χ1) is 9.20. The molecule has 0 bridgehead atoms. The maximum absolute atomic E-state index is 12.3.